The minimum absolute atomic E-state index is 0.0450. The largest absolute Gasteiger partial charge is 0.495 e. The molecular formula is C12H14ClN3O3S. The first kappa shape index (κ1) is 14.7. The third-order valence-corrected chi connectivity index (χ3v) is 4.54. The Bertz CT molecular complexity index is 740. The molecule has 1 aromatic carbocycles. The van der Waals surface area contributed by atoms with E-state index in [9.17, 15) is 8.42 Å². The Morgan fingerprint density at radius 3 is 2.65 bits per heavy atom. The van der Waals surface area contributed by atoms with E-state index in [-0.39, 0.29) is 10.2 Å². The first-order valence-electron chi connectivity index (χ1n) is 5.69. The van der Waals surface area contributed by atoms with Gasteiger partial charge >= 0.3 is 0 Å². The summed E-state index contributed by atoms with van der Waals surface area (Å²) in [5, 5.41) is -0.173. The average molecular weight is 316 g/mol. The summed E-state index contributed by atoms with van der Waals surface area (Å²) in [6, 6.07) is 5.14. The number of rotatable bonds is 4. The Kier molecular flexibility index (Phi) is 3.92. The molecule has 1 N–H and O–H groups in total. The van der Waals surface area contributed by atoms with Gasteiger partial charge in [-0.25, -0.2) is 4.98 Å². The van der Waals surface area contributed by atoms with Crippen LogP contribution < -0.4 is 9.46 Å². The number of aryl methyl sites for hydroxylation is 2. The summed E-state index contributed by atoms with van der Waals surface area (Å²) in [4.78, 5) is 3.80. The molecule has 6 nitrogen and oxygen atoms in total. The smallest absolute Gasteiger partial charge is 0.282 e. The van der Waals surface area contributed by atoms with Crippen LogP contribution in [0.5, 0.6) is 5.75 Å². The summed E-state index contributed by atoms with van der Waals surface area (Å²) in [5.74, 6) is 0.431. The fraction of sp³-hybridized carbons (Fsp3) is 0.250. The highest BCUT2D eigenvalue weighted by Gasteiger charge is 2.23. The van der Waals surface area contributed by atoms with E-state index in [1.807, 2.05) is 6.92 Å². The van der Waals surface area contributed by atoms with Crippen molar-refractivity contribution in [3.05, 3.63) is 35.2 Å². The third kappa shape index (κ3) is 2.73. The van der Waals surface area contributed by atoms with E-state index in [4.69, 9.17) is 16.3 Å². The number of methoxy groups -OCH3 is 1. The molecule has 1 aromatic heterocycles. The second-order valence-corrected chi connectivity index (χ2v) is 6.22. The molecule has 0 bridgehead atoms. The van der Waals surface area contributed by atoms with Gasteiger partial charge in [-0.15, -0.1) is 0 Å². The van der Waals surface area contributed by atoms with Gasteiger partial charge in [-0.2, -0.15) is 8.42 Å². The Balaban J connectivity index is 2.41. The van der Waals surface area contributed by atoms with Crippen molar-refractivity contribution >= 4 is 27.3 Å². The zero-order valence-electron chi connectivity index (χ0n) is 11.2. The van der Waals surface area contributed by atoms with Crippen molar-refractivity contribution in [3.8, 4) is 5.75 Å². The number of halogens is 1. The maximum atomic E-state index is 12.3. The number of hydrogen-bond donors (Lipinski definition) is 1. The number of nitrogens with one attached hydrogen (secondary N) is 1. The summed E-state index contributed by atoms with van der Waals surface area (Å²) in [7, 11) is -0.778. The lowest BCUT2D eigenvalue weighted by molar-refractivity contribution is 0.416. The van der Waals surface area contributed by atoms with Gasteiger partial charge < -0.3 is 9.30 Å². The number of anilines is 1. The molecule has 0 saturated carbocycles. The van der Waals surface area contributed by atoms with Crippen LogP contribution >= 0.6 is 11.6 Å². The van der Waals surface area contributed by atoms with Gasteiger partial charge in [-0.3, -0.25) is 4.72 Å². The summed E-state index contributed by atoms with van der Waals surface area (Å²) >= 11 is 5.91. The minimum atomic E-state index is -3.86. The number of sulfonamides is 1. The van der Waals surface area contributed by atoms with Gasteiger partial charge in [-0.1, -0.05) is 17.7 Å². The average Bonchev–Trinajstić information content (AvgIpc) is 2.72. The molecule has 0 spiro atoms. The van der Waals surface area contributed by atoms with Gasteiger partial charge in [-0.05, 0) is 24.6 Å². The van der Waals surface area contributed by atoms with Gasteiger partial charge in [0.15, 0.2) is 0 Å². The molecule has 20 heavy (non-hydrogen) atoms. The lowest BCUT2D eigenvalue weighted by Gasteiger charge is -2.11. The molecule has 0 aliphatic rings. The number of imidazole rings is 1. The van der Waals surface area contributed by atoms with E-state index >= 15 is 0 Å². The predicted octanol–water partition coefficient (Wildman–Crippen LogP) is 2.19. The number of aromatic nitrogens is 2. The van der Waals surface area contributed by atoms with Crippen molar-refractivity contribution in [2.75, 3.05) is 11.8 Å². The van der Waals surface area contributed by atoms with Gasteiger partial charge in [0, 0.05) is 7.05 Å². The monoisotopic (exact) mass is 315 g/mol. The summed E-state index contributed by atoms with van der Waals surface area (Å²) in [6.45, 7) is 1.89. The Hall–Kier alpha value is -1.73. The maximum absolute atomic E-state index is 12.3. The van der Waals surface area contributed by atoms with E-state index in [0.717, 1.165) is 5.56 Å². The quantitative estimate of drug-likeness (QED) is 0.938. The molecule has 0 unspecified atom stereocenters. The highest BCUT2D eigenvalue weighted by Crippen LogP contribution is 2.29. The number of ether oxygens (including phenoxy) is 1. The molecule has 2 rings (SSSR count). The molecular weight excluding hydrogens is 302 g/mol. The molecule has 8 heteroatoms. The fourth-order valence-electron chi connectivity index (χ4n) is 1.65. The lowest BCUT2D eigenvalue weighted by Crippen LogP contribution is -2.14. The van der Waals surface area contributed by atoms with E-state index in [1.165, 1.54) is 18.0 Å². The molecule has 0 aliphatic carbocycles. The fourth-order valence-corrected chi connectivity index (χ4v) is 3.15. The third-order valence-electron chi connectivity index (χ3n) is 2.69. The molecule has 1 heterocycles. The molecule has 0 aliphatic heterocycles. The Morgan fingerprint density at radius 2 is 2.10 bits per heavy atom. The van der Waals surface area contributed by atoms with Crippen molar-refractivity contribution in [3.63, 3.8) is 0 Å². The molecule has 108 valence electrons. The van der Waals surface area contributed by atoms with Crippen LogP contribution in [0.25, 0.3) is 0 Å². The summed E-state index contributed by atoms with van der Waals surface area (Å²) in [5.41, 5.74) is 1.29. The predicted molar refractivity (Wildman–Crippen MR) is 76.8 cm³/mol. The van der Waals surface area contributed by atoms with Crippen LogP contribution in [-0.4, -0.2) is 25.1 Å². The highest BCUT2D eigenvalue weighted by atomic mass is 35.5. The van der Waals surface area contributed by atoms with Crippen molar-refractivity contribution < 1.29 is 13.2 Å². The van der Waals surface area contributed by atoms with Crippen molar-refractivity contribution in [1.82, 2.24) is 9.55 Å². The highest BCUT2D eigenvalue weighted by molar-refractivity contribution is 7.92. The van der Waals surface area contributed by atoms with Crippen molar-refractivity contribution in [2.45, 2.75) is 11.9 Å². The van der Waals surface area contributed by atoms with Crippen molar-refractivity contribution in [1.29, 1.82) is 0 Å². The standard InChI is InChI=1S/C12H14ClN3O3S/c1-8-4-5-9(10(6-8)19-3)15-20(17,18)12-11(13)16(2)7-14-12/h4-7,15H,1-3H3. The normalized spacial score (nSPS) is 11.4. The van der Waals surface area contributed by atoms with Crippen LogP contribution in [0.2, 0.25) is 5.15 Å². The van der Waals surface area contributed by atoms with Gasteiger partial charge in [0.1, 0.15) is 10.9 Å². The molecule has 0 amide bonds. The first-order chi connectivity index (χ1) is 9.35. The Morgan fingerprint density at radius 1 is 1.40 bits per heavy atom. The van der Waals surface area contributed by atoms with Gasteiger partial charge in [0.25, 0.3) is 10.0 Å². The van der Waals surface area contributed by atoms with E-state index < -0.39 is 10.0 Å². The second-order valence-electron chi connectivity index (χ2n) is 4.26. The van der Waals surface area contributed by atoms with Gasteiger partial charge in [0.2, 0.25) is 5.03 Å². The summed E-state index contributed by atoms with van der Waals surface area (Å²) < 4.78 is 33.5. The van der Waals surface area contributed by atoms with E-state index in [1.54, 1.807) is 25.2 Å². The molecule has 2 aromatic rings. The van der Waals surface area contributed by atoms with Crippen molar-refractivity contribution in [2.24, 2.45) is 7.05 Å². The van der Waals surface area contributed by atoms with Crippen LogP contribution in [0.15, 0.2) is 29.6 Å². The minimum Gasteiger partial charge on any atom is -0.495 e. The van der Waals surface area contributed by atoms with Crippen LogP contribution in [0.4, 0.5) is 5.69 Å². The second kappa shape index (κ2) is 5.34. The van der Waals surface area contributed by atoms with Crippen LogP contribution in [0.3, 0.4) is 0 Å². The molecule has 0 atom stereocenters. The van der Waals surface area contributed by atoms with E-state index in [0.29, 0.717) is 11.4 Å². The number of hydrogen-bond acceptors (Lipinski definition) is 4. The first-order valence-corrected chi connectivity index (χ1v) is 7.55. The Labute approximate surface area is 122 Å². The summed E-state index contributed by atoms with van der Waals surface area (Å²) in [6.07, 6.45) is 1.34. The van der Waals surface area contributed by atoms with Gasteiger partial charge in [0.05, 0.1) is 19.1 Å². The number of benzene rings is 1. The zero-order valence-corrected chi connectivity index (χ0v) is 12.8. The topological polar surface area (TPSA) is 73.2 Å². The maximum Gasteiger partial charge on any atom is 0.282 e. The van der Waals surface area contributed by atoms with E-state index in [2.05, 4.69) is 9.71 Å². The molecule has 0 radical (unpaired) electrons. The van der Waals surface area contributed by atoms with Crippen LogP contribution in [0, 0.1) is 6.92 Å². The SMILES string of the molecule is COc1cc(C)ccc1NS(=O)(=O)c1ncn(C)c1Cl. The van der Waals surface area contributed by atoms with Crippen LogP contribution in [0.1, 0.15) is 5.56 Å². The number of nitrogens with zero attached hydrogens (tertiary/aromatic N) is 2. The molecule has 0 saturated heterocycles. The van der Waals surface area contributed by atoms with Crippen LogP contribution in [-0.2, 0) is 17.1 Å². The zero-order chi connectivity index (χ0) is 14.9. The lowest BCUT2D eigenvalue weighted by atomic mass is 10.2. The molecule has 0 fully saturated rings.